The molecule has 0 fully saturated rings. The van der Waals surface area contributed by atoms with Crippen LogP contribution in [0.5, 0.6) is 0 Å². The second-order valence-electron chi connectivity index (χ2n) is 3.40. The van der Waals surface area contributed by atoms with Crippen LogP contribution in [0.25, 0.3) is 11.4 Å². The Kier molecular flexibility index (Phi) is 2.60. The lowest BCUT2D eigenvalue weighted by Gasteiger charge is -2.10. The van der Waals surface area contributed by atoms with E-state index < -0.39 is 23.1 Å². The van der Waals surface area contributed by atoms with E-state index in [0.29, 0.717) is 0 Å². The van der Waals surface area contributed by atoms with Crippen molar-refractivity contribution in [2.45, 2.75) is 6.18 Å². The van der Waals surface area contributed by atoms with Crippen molar-refractivity contribution in [1.82, 2.24) is 14.8 Å². The molecule has 2 rings (SSSR count). The minimum Gasteiger partial charge on any atom is -0.255 e. The van der Waals surface area contributed by atoms with Gasteiger partial charge in [0.2, 0.25) is 0 Å². The maximum absolute atomic E-state index is 13.5. The van der Waals surface area contributed by atoms with Crippen molar-refractivity contribution < 1.29 is 17.6 Å². The summed E-state index contributed by atoms with van der Waals surface area (Å²) in [6.07, 6.45) is -3.43. The van der Waals surface area contributed by atoms with E-state index in [2.05, 4.69) is 10.1 Å². The van der Waals surface area contributed by atoms with Gasteiger partial charge in [-0.05, 0) is 12.1 Å². The summed E-state index contributed by atoms with van der Waals surface area (Å²) in [5, 5.41) is 3.68. The van der Waals surface area contributed by atoms with E-state index in [4.69, 9.17) is 0 Å². The van der Waals surface area contributed by atoms with E-state index >= 15 is 0 Å². The Bertz CT molecular complexity index is 545. The molecule has 0 bridgehead atoms. The summed E-state index contributed by atoms with van der Waals surface area (Å²) in [6, 6.07) is 2.75. The molecular weight excluding hydrogens is 238 g/mol. The Morgan fingerprint density at radius 3 is 2.47 bits per heavy atom. The average Bonchev–Trinajstić information content (AvgIpc) is 2.63. The van der Waals surface area contributed by atoms with Crippen molar-refractivity contribution in [3.8, 4) is 11.4 Å². The summed E-state index contributed by atoms with van der Waals surface area (Å²) in [5.41, 5.74) is -1.70. The maximum atomic E-state index is 13.5. The van der Waals surface area contributed by atoms with Crippen LogP contribution in [0.2, 0.25) is 0 Å². The number of hydrogen-bond donors (Lipinski definition) is 0. The third kappa shape index (κ3) is 2.13. The van der Waals surface area contributed by atoms with Crippen LogP contribution in [-0.4, -0.2) is 14.8 Å². The van der Waals surface area contributed by atoms with Crippen LogP contribution >= 0.6 is 0 Å². The third-order valence-corrected chi connectivity index (χ3v) is 2.14. The first-order chi connectivity index (χ1) is 7.89. The number of rotatable bonds is 1. The van der Waals surface area contributed by atoms with Crippen LogP contribution < -0.4 is 0 Å². The van der Waals surface area contributed by atoms with E-state index in [1.54, 1.807) is 0 Å². The lowest BCUT2D eigenvalue weighted by molar-refractivity contribution is -0.137. The van der Waals surface area contributed by atoms with Gasteiger partial charge in [-0.25, -0.2) is 9.37 Å². The molecule has 0 spiro atoms. The Morgan fingerprint density at radius 2 is 1.94 bits per heavy atom. The summed E-state index contributed by atoms with van der Waals surface area (Å²) in [6.45, 7) is 0. The van der Waals surface area contributed by atoms with Crippen LogP contribution in [0, 0.1) is 5.82 Å². The van der Waals surface area contributed by atoms with Crippen LogP contribution in [0.3, 0.4) is 0 Å². The van der Waals surface area contributed by atoms with Gasteiger partial charge in [0.25, 0.3) is 0 Å². The van der Waals surface area contributed by atoms with Crippen LogP contribution in [0.15, 0.2) is 24.5 Å². The number of alkyl halides is 3. The highest BCUT2D eigenvalue weighted by atomic mass is 19.4. The van der Waals surface area contributed by atoms with Gasteiger partial charge in [-0.1, -0.05) is 6.07 Å². The monoisotopic (exact) mass is 245 g/mol. The number of halogens is 4. The SMILES string of the molecule is Cn1cnc(-c2c(F)cccc2C(F)(F)F)n1. The van der Waals surface area contributed by atoms with Crippen molar-refractivity contribution in [3.05, 3.63) is 35.9 Å². The highest BCUT2D eigenvalue weighted by Gasteiger charge is 2.35. The molecule has 1 aromatic carbocycles. The minimum absolute atomic E-state index is 0.280. The molecule has 90 valence electrons. The molecule has 0 saturated heterocycles. The first kappa shape index (κ1) is 11.6. The zero-order valence-corrected chi connectivity index (χ0v) is 8.66. The van der Waals surface area contributed by atoms with Crippen molar-refractivity contribution in [2.75, 3.05) is 0 Å². The topological polar surface area (TPSA) is 30.7 Å². The summed E-state index contributed by atoms with van der Waals surface area (Å²) in [7, 11) is 1.49. The summed E-state index contributed by atoms with van der Waals surface area (Å²) >= 11 is 0. The van der Waals surface area contributed by atoms with E-state index in [0.717, 1.165) is 18.2 Å². The highest BCUT2D eigenvalue weighted by Crippen LogP contribution is 2.36. The Labute approximate surface area is 93.7 Å². The molecule has 0 radical (unpaired) electrons. The predicted molar refractivity (Wildman–Crippen MR) is 51.4 cm³/mol. The number of aryl methyl sites for hydroxylation is 1. The number of hydrogen-bond acceptors (Lipinski definition) is 2. The molecule has 0 N–H and O–H groups in total. The van der Waals surface area contributed by atoms with Crippen LogP contribution in [0.4, 0.5) is 17.6 Å². The maximum Gasteiger partial charge on any atom is 0.417 e. The van der Waals surface area contributed by atoms with Gasteiger partial charge in [0.1, 0.15) is 12.1 Å². The fourth-order valence-electron chi connectivity index (χ4n) is 1.44. The smallest absolute Gasteiger partial charge is 0.255 e. The summed E-state index contributed by atoms with van der Waals surface area (Å²) in [5.74, 6) is -1.27. The fourth-order valence-corrected chi connectivity index (χ4v) is 1.44. The van der Waals surface area contributed by atoms with Crippen LogP contribution in [0.1, 0.15) is 5.56 Å². The Morgan fingerprint density at radius 1 is 1.24 bits per heavy atom. The Hall–Kier alpha value is -1.92. The summed E-state index contributed by atoms with van der Waals surface area (Å²) in [4.78, 5) is 3.63. The third-order valence-electron chi connectivity index (χ3n) is 2.14. The van der Waals surface area contributed by atoms with Crippen molar-refractivity contribution >= 4 is 0 Å². The first-order valence-corrected chi connectivity index (χ1v) is 4.61. The van der Waals surface area contributed by atoms with E-state index in [1.807, 2.05) is 0 Å². The van der Waals surface area contributed by atoms with Crippen LogP contribution in [-0.2, 0) is 13.2 Å². The fraction of sp³-hybridized carbons (Fsp3) is 0.200. The average molecular weight is 245 g/mol. The molecular formula is C10H7F4N3. The predicted octanol–water partition coefficient (Wildman–Crippen LogP) is 2.64. The van der Waals surface area contributed by atoms with Gasteiger partial charge >= 0.3 is 6.18 Å². The molecule has 0 amide bonds. The van der Waals surface area contributed by atoms with Gasteiger partial charge in [0.15, 0.2) is 5.82 Å². The summed E-state index contributed by atoms with van der Waals surface area (Å²) < 4.78 is 52.8. The van der Waals surface area contributed by atoms with Gasteiger partial charge in [0, 0.05) is 7.05 Å². The second-order valence-corrected chi connectivity index (χ2v) is 3.40. The molecule has 3 nitrogen and oxygen atoms in total. The van der Waals surface area contributed by atoms with E-state index in [9.17, 15) is 17.6 Å². The lowest BCUT2D eigenvalue weighted by atomic mass is 10.1. The lowest BCUT2D eigenvalue weighted by Crippen LogP contribution is -2.09. The quantitative estimate of drug-likeness (QED) is 0.723. The minimum atomic E-state index is -4.64. The zero-order valence-electron chi connectivity index (χ0n) is 8.66. The number of benzene rings is 1. The molecule has 17 heavy (non-hydrogen) atoms. The van der Waals surface area contributed by atoms with Gasteiger partial charge in [-0.3, -0.25) is 4.68 Å². The standard InChI is InChI=1S/C10H7F4N3/c1-17-5-15-9(16-17)8-6(10(12,13)14)3-2-4-7(8)11/h2-5H,1H3. The zero-order chi connectivity index (χ0) is 12.6. The van der Waals surface area contributed by atoms with Gasteiger partial charge in [-0.2, -0.15) is 18.3 Å². The molecule has 0 saturated carbocycles. The van der Waals surface area contributed by atoms with Crippen molar-refractivity contribution in [3.63, 3.8) is 0 Å². The van der Waals surface area contributed by atoms with Crippen molar-refractivity contribution in [2.24, 2.45) is 7.05 Å². The van der Waals surface area contributed by atoms with Crippen molar-refractivity contribution in [1.29, 1.82) is 0 Å². The molecule has 0 atom stereocenters. The first-order valence-electron chi connectivity index (χ1n) is 4.61. The number of aromatic nitrogens is 3. The highest BCUT2D eigenvalue weighted by molar-refractivity contribution is 5.61. The molecule has 7 heteroatoms. The van der Waals surface area contributed by atoms with Gasteiger partial charge in [0.05, 0.1) is 11.1 Å². The van der Waals surface area contributed by atoms with Gasteiger partial charge < -0.3 is 0 Å². The largest absolute Gasteiger partial charge is 0.417 e. The normalized spacial score (nSPS) is 11.8. The molecule has 1 heterocycles. The molecule has 0 aliphatic rings. The van der Waals surface area contributed by atoms with E-state index in [1.165, 1.54) is 18.1 Å². The molecule has 1 aromatic heterocycles. The molecule has 0 aliphatic heterocycles. The van der Waals surface area contributed by atoms with E-state index in [-0.39, 0.29) is 5.82 Å². The molecule has 0 unspecified atom stereocenters. The number of nitrogens with zero attached hydrogens (tertiary/aromatic N) is 3. The Balaban J connectivity index is 2.67. The molecule has 0 aliphatic carbocycles. The second kappa shape index (κ2) is 3.83. The van der Waals surface area contributed by atoms with Gasteiger partial charge in [-0.15, -0.1) is 0 Å². The molecule has 2 aromatic rings.